The van der Waals surface area contributed by atoms with E-state index in [4.69, 9.17) is 0 Å². The lowest BCUT2D eigenvalue weighted by Gasteiger charge is -2.33. The van der Waals surface area contributed by atoms with Crippen molar-refractivity contribution < 1.29 is 9.90 Å². The maximum Gasteiger partial charge on any atom is 0.407 e. The largest absolute Gasteiger partial charge is 0.465 e. The van der Waals surface area contributed by atoms with Crippen LogP contribution in [-0.2, 0) is 6.42 Å². The van der Waals surface area contributed by atoms with Crippen molar-refractivity contribution in [1.82, 2.24) is 4.90 Å². The van der Waals surface area contributed by atoms with Crippen LogP contribution in [0.5, 0.6) is 0 Å². The van der Waals surface area contributed by atoms with Gasteiger partial charge in [0, 0.05) is 16.6 Å². The third kappa shape index (κ3) is 4.04. The fourth-order valence-corrected chi connectivity index (χ4v) is 2.13. The molecule has 4 heteroatoms. The summed E-state index contributed by atoms with van der Waals surface area (Å²) in [5, 5.41) is 9.17. The Hall–Kier alpha value is -1.03. The third-order valence-corrected chi connectivity index (χ3v) is 3.38. The lowest BCUT2D eigenvalue weighted by atomic mass is 10.1. The van der Waals surface area contributed by atoms with Gasteiger partial charge in [0.25, 0.3) is 0 Å². The smallest absolute Gasteiger partial charge is 0.407 e. The zero-order valence-corrected chi connectivity index (χ0v) is 12.0. The maximum atomic E-state index is 11.2. The molecule has 0 radical (unpaired) electrons. The number of nitrogens with zero attached hydrogens (tertiary/aromatic N) is 1. The number of amides is 1. The lowest BCUT2D eigenvalue weighted by molar-refractivity contribution is 0.101. The molecule has 1 amide bonds. The maximum absolute atomic E-state index is 11.2. The Labute approximate surface area is 111 Å². The molecule has 17 heavy (non-hydrogen) atoms. The first-order chi connectivity index (χ1) is 7.82. The first-order valence-electron chi connectivity index (χ1n) is 5.56. The Balaban J connectivity index is 2.72. The van der Waals surface area contributed by atoms with Crippen LogP contribution in [0, 0.1) is 0 Å². The van der Waals surface area contributed by atoms with Gasteiger partial charge in [-0.1, -0.05) is 34.1 Å². The summed E-state index contributed by atoms with van der Waals surface area (Å²) < 4.78 is 1.03. The van der Waals surface area contributed by atoms with Gasteiger partial charge in [0.05, 0.1) is 0 Å². The summed E-state index contributed by atoms with van der Waals surface area (Å²) in [5.41, 5.74) is 0.760. The highest BCUT2D eigenvalue weighted by molar-refractivity contribution is 9.10. The zero-order chi connectivity index (χ0) is 13.1. The molecule has 0 fully saturated rings. The summed E-state index contributed by atoms with van der Waals surface area (Å²) in [5.74, 6) is 0. The van der Waals surface area contributed by atoms with E-state index in [1.165, 1.54) is 4.90 Å². The highest BCUT2D eigenvalue weighted by atomic mass is 79.9. The molecule has 0 aromatic heterocycles. The minimum Gasteiger partial charge on any atom is -0.465 e. The van der Waals surface area contributed by atoms with Crippen LogP contribution in [0.3, 0.4) is 0 Å². The van der Waals surface area contributed by atoms with Gasteiger partial charge in [-0.25, -0.2) is 4.79 Å². The van der Waals surface area contributed by atoms with Crippen LogP contribution < -0.4 is 0 Å². The molecular formula is C13H18BrNO2. The van der Waals surface area contributed by atoms with Gasteiger partial charge in [0.15, 0.2) is 0 Å². The molecule has 0 atom stereocenters. The van der Waals surface area contributed by atoms with E-state index in [1.54, 1.807) is 0 Å². The van der Waals surface area contributed by atoms with Crippen LogP contribution in [0.25, 0.3) is 0 Å². The number of rotatable bonds is 3. The van der Waals surface area contributed by atoms with Crippen molar-refractivity contribution >= 4 is 22.0 Å². The monoisotopic (exact) mass is 299 g/mol. The lowest BCUT2D eigenvalue weighted by Crippen LogP contribution is -2.45. The first kappa shape index (κ1) is 14.0. The fraction of sp³-hybridized carbons (Fsp3) is 0.462. The van der Waals surface area contributed by atoms with Gasteiger partial charge in [-0.3, -0.25) is 0 Å². The molecule has 1 N–H and O–H groups in total. The molecule has 0 aliphatic rings. The standard InChI is InChI=1S/C13H18BrNO2/c1-13(2,3)15(12(16)17)9-8-10-6-4-5-7-11(10)14/h4-7H,8-9H2,1-3H3,(H,16,17). The van der Waals surface area contributed by atoms with E-state index in [-0.39, 0.29) is 5.54 Å². The van der Waals surface area contributed by atoms with Crippen LogP contribution in [0.1, 0.15) is 26.3 Å². The zero-order valence-electron chi connectivity index (χ0n) is 10.4. The predicted octanol–water partition coefficient (Wildman–Crippen LogP) is 3.77. The predicted molar refractivity (Wildman–Crippen MR) is 72.3 cm³/mol. The van der Waals surface area contributed by atoms with Gasteiger partial charge in [-0.05, 0) is 38.8 Å². The Morgan fingerprint density at radius 1 is 1.35 bits per heavy atom. The molecule has 0 heterocycles. The second-order valence-electron chi connectivity index (χ2n) is 4.95. The van der Waals surface area contributed by atoms with E-state index in [0.717, 1.165) is 10.0 Å². The highest BCUT2D eigenvalue weighted by Gasteiger charge is 2.25. The van der Waals surface area contributed by atoms with Crippen molar-refractivity contribution in [2.45, 2.75) is 32.7 Å². The Morgan fingerprint density at radius 2 is 1.94 bits per heavy atom. The van der Waals surface area contributed by atoms with Crippen molar-refractivity contribution in [2.75, 3.05) is 6.54 Å². The van der Waals surface area contributed by atoms with E-state index < -0.39 is 6.09 Å². The number of carboxylic acid groups (broad SMARTS) is 1. The summed E-state index contributed by atoms with van der Waals surface area (Å²) >= 11 is 3.47. The molecule has 1 aromatic rings. The number of benzene rings is 1. The molecule has 0 aliphatic heterocycles. The second kappa shape index (κ2) is 5.54. The summed E-state index contributed by atoms with van der Waals surface area (Å²) in [6, 6.07) is 7.89. The van der Waals surface area contributed by atoms with Crippen LogP contribution in [0.4, 0.5) is 4.79 Å². The van der Waals surface area contributed by atoms with Gasteiger partial charge >= 0.3 is 6.09 Å². The van der Waals surface area contributed by atoms with E-state index in [9.17, 15) is 9.90 Å². The summed E-state index contributed by atoms with van der Waals surface area (Å²) in [4.78, 5) is 12.6. The van der Waals surface area contributed by atoms with E-state index in [2.05, 4.69) is 15.9 Å². The van der Waals surface area contributed by atoms with Crippen LogP contribution in [0.2, 0.25) is 0 Å². The number of carbonyl (C=O) groups is 1. The van der Waals surface area contributed by atoms with Crippen molar-refractivity contribution in [3.05, 3.63) is 34.3 Å². The van der Waals surface area contributed by atoms with Crippen LogP contribution in [-0.4, -0.2) is 28.2 Å². The van der Waals surface area contributed by atoms with Gasteiger partial charge < -0.3 is 10.0 Å². The van der Waals surface area contributed by atoms with Gasteiger partial charge in [-0.15, -0.1) is 0 Å². The van der Waals surface area contributed by atoms with Crippen molar-refractivity contribution in [3.63, 3.8) is 0 Å². The molecule has 3 nitrogen and oxygen atoms in total. The average molecular weight is 300 g/mol. The van der Waals surface area contributed by atoms with Crippen molar-refractivity contribution in [2.24, 2.45) is 0 Å². The summed E-state index contributed by atoms with van der Waals surface area (Å²) in [6.45, 7) is 6.21. The highest BCUT2D eigenvalue weighted by Crippen LogP contribution is 2.19. The van der Waals surface area contributed by atoms with Gasteiger partial charge in [0.2, 0.25) is 0 Å². The number of hydrogen-bond acceptors (Lipinski definition) is 1. The van der Waals surface area contributed by atoms with Crippen LogP contribution >= 0.6 is 15.9 Å². The quantitative estimate of drug-likeness (QED) is 0.923. The molecule has 0 unspecified atom stereocenters. The minimum absolute atomic E-state index is 0.368. The van der Waals surface area contributed by atoms with Crippen LogP contribution in [0.15, 0.2) is 28.7 Å². The number of halogens is 1. The van der Waals surface area contributed by atoms with Gasteiger partial charge in [0.1, 0.15) is 0 Å². The summed E-state index contributed by atoms with van der Waals surface area (Å²) in [6.07, 6.45) is -0.157. The van der Waals surface area contributed by atoms with E-state index in [0.29, 0.717) is 13.0 Å². The second-order valence-corrected chi connectivity index (χ2v) is 5.80. The Kier molecular flexibility index (Phi) is 4.57. The molecule has 1 rings (SSSR count). The molecule has 0 aliphatic carbocycles. The van der Waals surface area contributed by atoms with Gasteiger partial charge in [-0.2, -0.15) is 0 Å². The molecule has 0 saturated carbocycles. The molecule has 0 saturated heterocycles. The normalized spacial score (nSPS) is 11.3. The minimum atomic E-state index is -0.871. The third-order valence-electron chi connectivity index (χ3n) is 2.60. The SMILES string of the molecule is CC(C)(C)N(CCc1ccccc1Br)C(=O)O. The molecular weight excluding hydrogens is 282 g/mol. The molecule has 0 spiro atoms. The average Bonchev–Trinajstić information content (AvgIpc) is 2.18. The molecule has 1 aromatic carbocycles. The van der Waals surface area contributed by atoms with Crippen molar-refractivity contribution in [1.29, 1.82) is 0 Å². The molecule has 0 bridgehead atoms. The fourth-order valence-electron chi connectivity index (χ4n) is 1.65. The number of hydrogen-bond donors (Lipinski definition) is 1. The summed E-state index contributed by atoms with van der Waals surface area (Å²) in [7, 11) is 0. The van der Waals surface area contributed by atoms with E-state index in [1.807, 2.05) is 45.0 Å². The van der Waals surface area contributed by atoms with E-state index >= 15 is 0 Å². The van der Waals surface area contributed by atoms with Crippen molar-refractivity contribution in [3.8, 4) is 0 Å². The first-order valence-corrected chi connectivity index (χ1v) is 6.35. The molecule has 94 valence electrons. The Morgan fingerprint density at radius 3 is 2.41 bits per heavy atom. The topological polar surface area (TPSA) is 40.5 Å². The Bertz CT molecular complexity index is 399.